The summed E-state index contributed by atoms with van der Waals surface area (Å²) >= 11 is 0. The second kappa shape index (κ2) is 5.27. The van der Waals surface area contributed by atoms with Gasteiger partial charge in [-0.05, 0) is 30.8 Å². The van der Waals surface area contributed by atoms with Crippen molar-refractivity contribution in [2.75, 3.05) is 12.3 Å². The molecule has 0 amide bonds. The van der Waals surface area contributed by atoms with Gasteiger partial charge < -0.3 is 10.8 Å². The maximum absolute atomic E-state index is 9.17. The van der Waals surface area contributed by atoms with E-state index in [9.17, 15) is 5.11 Å². The molecule has 0 bridgehead atoms. The van der Waals surface area contributed by atoms with E-state index in [4.69, 9.17) is 5.73 Å². The van der Waals surface area contributed by atoms with E-state index in [0.717, 1.165) is 36.9 Å². The van der Waals surface area contributed by atoms with Crippen LogP contribution in [0.2, 0.25) is 0 Å². The number of nitrogens with two attached hydrogens (primary N) is 1. The molecule has 4 nitrogen and oxygen atoms in total. The number of allylic oxidation sites excluding steroid dienone is 2. The van der Waals surface area contributed by atoms with Crippen LogP contribution in [0.25, 0.3) is 5.57 Å². The van der Waals surface area contributed by atoms with Crippen LogP contribution < -0.4 is 5.73 Å². The van der Waals surface area contributed by atoms with Crippen molar-refractivity contribution in [2.24, 2.45) is 5.92 Å². The van der Waals surface area contributed by atoms with Crippen molar-refractivity contribution in [1.82, 2.24) is 9.97 Å². The standard InChI is InChI=1S/C13H19N3O/c1-2-9(7-17)3-4-10-5-6-11-12(10)15-8-16-13(11)14/h5,8-9,17H,2-4,6-7H2,1H3,(H2,14,15,16)/t9-/m1/s1. The van der Waals surface area contributed by atoms with Crippen LogP contribution in [0.3, 0.4) is 0 Å². The van der Waals surface area contributed by atoms with Crippen molar-refractivity contribution in [3.05, 3.63) is 23.7 Å². The van der Waals surface area contributed by atoms with Gasteiger partial charge >= 0.3 is 0 Å². The summed E-state index contributed by atoms with van der Waals surface area (Å²) in [6.07, 6.45) is 7.52. The number of aliphatic hydroxyl groups is 1. The molecule has 0 aromatic carbocycles. The summed E-state index contributed by atoms with van der Waals surface area (Å²) in [5, 5.41) is 9.17. The smallest absolute Gasteiger partial charge is 0.130 e. The van der Waals surface area contributed by atoms with Crippen LogP contribution in [-0.2, 0) is 6.42 Å². The average Bonchev–Trinajstić information content (AvgIpc) is 2.75. The summed E-state index contributed by atoms with van der Waals surface area (Å²) in [5.41, 5.74) is 9.13. The quantitative estimate of drug-likeness (QED) is 0.813. The van der Waals surface area contributed by atoms with Gasteiger partial charge in [0.1, 0.15) is 12.1 Å². The van der Waals surface area contributed by atoms with Gasteiger partial charge in [-0.1, -0.05) is 19.4 Å². The summed E-state index contributed by atoms with van der Waals surface area (Å²) < 4.78 is 0. The number of fused-ring (bicyclic) bond motifs is 1. The van der Waals surface area contributed by atoms with E-state index in [1.165, 1.54) is 11.9 Å². The molecule has 0 spiro atoms. The van der Waals surface area contributed by atoms with Crippen LogP contribution in [0.4, 0.5) is 5.82 Å². The fraction of sp³-hybridized carbons (Fsp3) is 0.538. The van der Waals surface area contributed by atoms with Crippen molar-refractivity contribution in [3.8, 4) is 0 Å². The van der Waals surface area contributed by atoms with Crippen LogP contribution in [0, 0.1) is 5.92 Å². The van der Waals surface area contributed by atoms with Crippen LogP contribution >= 0.6 is 0 Å². The highest BCUT2D eigenvalue weighted by Gasteiger charge is 2.19. The fourth-order valence-corrected chi connectivity index (χ4v) is 2.23. The van der Waals surface area contributed by atoms with Gasteiger partial charge in [-0.25, -0.2) is 9.97 Å². The molecule has 0 radical (unpaired) electrons. The van der Waals surface area contributed by atoms with Crippen molar-refractivity contribution >= 4 is 11.4 Å². The minimum atomic E-state index is 0.266. The van der Waals surface area contributed by atoms with Gasteiger partial charge in [0, 0.05) is 12.2 Å². The van der Waals surface area contributed by atoms with Gasteiger partial charge in [0.25, 0.3) is 0 Å². The maximum atomic E-state index is 9.17. The number of anilines is 1. The number of aliphatic hydroxyl groups excluding tert-OH is 1. The van der Waals surface area contributed by atoms with Gasteiger partial charge in [0.2, 0.25) is 0 Å². The van der Waals surface area contributed by atoms with Crippen LogP contribution in [0.1, 0.15) is 37.4 Å². The Bertz CT molecular complexity index is 425. The third kappa shape index (κ3) is 2.47. The van der Waals surface area contributed by atoms with Crippen molar-refractivity contribution in [3.63, 3.8) is 0 Å². The van der Waals surface area contributed by atoms with Gasteiger partial charge in [0.15, 0.2) is 0 Å². The Morgan fingerprint density at radius 1 is 1.47 bits per heavy atom. The lowest BCUT2D eigenvalue weighted by Crippen LogP contribution is -2.05. The van der Waals surface area contributed by atoms with Gasteiger partial charge in [-0.15, -0.1) is 0 Å². The molecule has 0 saturated carbocycles. The molecule has 1 aromatic rings. The zero-order valence-electron chi connectivity index (χ0n) is 10.2. The predicted molar refractivity (Wildman–Crippen MR) is 68.2 cm³/mol. The monoisotopic (exact) mass is 233 g/mol. The highest BCUT2D eigenvalue weighted by Crippen LogP contribution is 2.32. The Morgan fingerprint density at radius 3 is 3.00 bits per heavy atom. The van der Waals surface area contributed by atoms with E-state index in [2.05, 4.69) is 23.0 Å². The molecular weight excluding hydrogens is 214 g/mol. The predicted octanol–water partition coefficient (Wildman–Crippen LogP) is 1.80. The molecular formula is C13H19N3O. The third-order valence-corrected chi connectivity index (χ3v) is 3.49. The van der Waals surface area contributed by atoms with Gasteiger partial charge in [-0.2, -0.15) is 0 Å². The Kier molecular flexibility index (Phi) is 3.74. The first kappa shape index (κ1) is 12.0. The first-order chi connectivity index (χ1) is 8.26. The molecule has 1 aliphatic carbocycles. The number of rotatable bonds is 5. The summed E-state index contributed by atoms with van der Waals surface area (Å²) in [7, 11) is 0. The molecule has 0 saturated heterocycles. The number of nitrogen functional groups attached to an aromatic ring is 1. The lowest BCUT2D eigenvalue weighted by Gasteiger charge is -2.12. The summed E-state index contributed by atoms with van der Waals surface area (Å²) in [4.78, 5) is 8.32. The van der Waals surface area contributed by atoms with Gasteiger partial charge in [0.05, 0.1) is 5.69 Å². The molecule has 0 aliphatic heterocycles. The van der Waals surface area contributed by atoms with Crippen LogP contribution in [-0.4, -0.2) is 21.7 Å². The molecule has 2 rings (SSSR count). The third-order valence-electron chi connectivity index (χ3n) is 3.49. The van der Waals surface area contributed by atoms with E-state index < -0.39 is 0 Å². The Labute approximate surface area is 102 Å². The first-order valence-electron chi connectivity index (χ1n) is 6.15. The lowest BCUT2D eigenvalue weighted by molar-refractivity contribution is 0.216. The lowest BCUT2D eigenvalue weighted by atomic mass is 9.97. The molecule has 1 heterocycles. The zero-order chi connectivity index (χ0) is 12.3. The minimum Gasteiger partial charge on any atom is -0.396 e. The first-order valence-corrected chi connectivity index (χ1v) is 6.15. The topological polar surface area (TPSA) is 72.0 Å². The molecule has 17 heavy (non-hydrogen) atoms. The zero-order valence-corrected chi connectivity index (χ0v) is 10.2. The maximum Gasteiger partial charge on any atom is 0.130 e. The minimum absolute atomic E-state index is 0.266. The molecule has 0 unspecified atom stereocenters. The number of hydrogen-bond donors (Lipinski definition) is 2. The van der Waals surface area contributed by atoms with Crippen LogP contribution in [0.15, 0.2) is 12.4 Å². The van der Waals surface area contributed by atoms with E-state index in [0.29, 0.717) is 11.7 Å². The number of nitrogens with zero attached hydrogens (tertiary/aromatic N) is 2. The van der Waals surface area contributed by atoms with Gasteiger partial charge in [-0.3, -0.25) is 0 Å². The molecule has 0 fully saturated rings. The summed E-state index contributed by atoms with van der Waals surface area (Å²) in [6.45, 7) is 2.38. The van der Waals surface area contributed by atoms with E-state index in [1.54, 1.807) is 0 Å². The van der Waals surface area contributed by atoms with E-state index in [-0.39, 0.29) is 6.61 Å². The van der Waals surface area contributed by atoms with E-state index >= 15 is 0 Å². The number of aromatic nitrogens is 2. The highest BCUT2D eigenvalue weighted by molar-refractivity contribution is 5.73. The van der Waals surface area contributed by atoms with E-state index in [1.807, 2.05) is 0 Å². The fourth-order valence-electron chi connectivity index (χ4n) is 2.23. The SMILES string of the molecule is CC[C@@H](CO)CCC1=CCc2c(N)ncnc21. The molecule has 1 aliphatic rings. The molecule has 1 atom stereocenters. The largest absolute Gasteiger partial charge is 0.396 e. The highest BCUT2D eigenvalue weighted by atomic mass is 16.3. The second-order valence-electron chi connectivity index (χ2n) is 4.52. The Morgan fingerprint density at radius 2 is 2.29 bits per heavy atom. The van der Waals surface area contributed by atoms with Crippen LogP contribution in [0.5, 0.6) is 0 Å². The normalized spacial score (nSPS) is 15.5. The molecule has 3 N–H and O–H groups in total. The Balaban J connectivity index is 2.04. The number of hydrogen-bond acceptors (Lipinski definition) is 4. The molecule has 4 heteroatoms. The van der Waals surface area contributed by atoms with Crippen molar-refractivity contribution in [2.45, 2.75) is 32.6 Å². The molecule has 92 valence electrons. The van der Waals surface area contributed by atoms with Crippen molar-refractivity contribution < 1.29 is 5.11 Å². The summed E-state index contributed by atoms with van der Waals surface area (Å²) in [5.74, 6) is 0.981. The second-order valence-corrected chi connectivity index (χ2v) is 4.52. The molecule has 1 aromatic heterocycles. The van der Waals surface area contributed by atoms with Crippen molar-refractivity contribution in [1.29, 1.82) is 0 Å². The summed E-state index contributed by atoms with van der Waals surface area (Å²) in [6, 6.07) is 0. The average molecular weight is 233 g/mol. The Hall–Kier alpha value is -1.42.